The number of amides is 2. The largest absolute Gasteiger partial charge is 0.368 e. The van der Waals surface area contributed by atoms with E-state index in [4.69, 9.17) is 4.74 Å². The summed E-state index contributed by atoms with van der Waals surface area (Å²) in [5.41, 5.74) is 4.39. The van der Waals surface area contributed by atoms with Gasteiger partial charge in [-0.25, -0.2) is 0 Å². The standard InChI is InChI=1S/C24H23N3O3/c28-23(22-8-4-14-30-22)25-19-11-9-17(10-12-19)24(29)27-16-20-6-3-13-26(20)15-18-5-1-2-7-21(18)27/h1-3,5-7,9-13,22H,4,8,14-16H2,(H,25,28). The van der Waals surface area contributed by atoms with E-state index in [-0.39, 0.29) is 17.9 Å². The number of aromatic nitrogens is 1. The van der Waals surface area contributed by atoms with Gasteiger partial charge >= 0.3 is 0 Å². The number of carbonyl (C=O) groups is 2. The average Bonchev–Trinajstić information content (AvgIpc) is 3.43. The summed E-state index contributed by atoms with van der Waals surface area (Å²) in [7, 11) is 0. The molecule has 1 N–H and O–H groups in total. The van der Waals surface area contributed by atoms with Crippen LogP contribution in [0.25, 0.3) is 0 Å². The Kier molecular flexibility index (Phi) is 4.85. The molecule has 0 radical (unpaired) electrons. The number of carbonyl (C=O) groups excluding carboxylic acids is 2. The maximum absolute atomic E-state index is 13.4. The second-order valence-corrected chi connectivity index (χ2v) is 7.72. The lowest BCUT2D eigenvalue weighted by Crippen LogP contribution is -2.30. The van der Waals surface area contributed by atoms with Gasteiger partial charge in [-0.3, -0.25) is 9.59 Å². The molecule has 0 saturated carbocycles. The first-order valence-electron chi connectivity index (χ1n) is 10.3. The van der Waals surface area contributed by atoms with Crippen LogP contribution in [-0.2, 0) is 22.6 Å². The van der Waals surface area contributed by atoms with E-state index in [0.717, 1.165) is 36.3 Å². The third-order valence-corrected chi connectivity index (χ3v) is 5.73. The summed E-state index contributed by atoms with van der Waals surface area (Å²) in [4.78, 5) is 27.5. The van der Waals surface area contributed by atoms with Crippen LogP contribution in [0.4, 0.5) is 11.4 Å². The fraction of sp³-hybridized carbons (Fsp3) is 0.250. The summed E-state index contributed by atoms with van der Waals surface area (Å²) in [5.74, 6) is -0.192. The molecule has 6 heteroatoms. The monoisotopic (exact) mass is 401 g/mol. The van der Waals surface area contributed by atoms with Crippen molar-refractivity contribution >= 4 is 23.2 Å². The highest BCUT2D eigenvalue weighted by Gasteiger charge is 2.26. The van der Waals surface area contributed by atoms with E-state index in [0.29, 0.717) is 24.4 Å². The van der Waals surface area contributed by atoms with Crippen LogP contribution < -0.4 is 10.2 Å². The van der Waals surface area contributed by atoms with E-state index >= 15 is 0 Å². The van der Waals surface area contributed by atoms with Gasteiger partial charge < -0.3 is 19.5 Å². The number of anilines is 2. The Balaban J connectivity index is 1.38. The van der Waals surface area contributed by atoms with E-state index in [1.807, 2.05) is 35.4 Å². The highest BCUT2D eigenvalue weighted by molar-refractivity contribution is 6.07. The topological polar surface area (TPSA) is 63.6 Å². The molecule has 1 aromatic heterocycles. The van der Waals surface area contributed by atoms with Crippen LogP contribution in [0.3, 0.4) is 0 Å². The first-order chi connectivity index (χ1) is 14.7. The van der Waals surface area contributed by atoms with Gasteiger partial charge in [0, 0.05) is 42.0 Å². The van der Waals surface area contributed by atoms with Crippen LogP contribution in [0.2, 0.25) is 0 Å². The molecule has 30 heavy (non-hydrogen) atoms. The van der Waals surface area contributed by atoms with Crippen molar-refractivity contribution in [3.05, 3.63) is 83.7 Å². The molecular formula is C24H23N3O3. The average molecular weight is 401 g/mol. The Hall–Kier alpha value is -3.38. The zero-order chi connectivity index (χ0) is 20.5. The van der Waals surface area contributed by atoms with Crippen LogP contribution >= 0.6 is 0 Å². The molecule has 2 aromatic carbocycles. The number of fused-ring (bicyclic) bond motifs is 2. The smallest absolute Gasteiger partial charge is 0.258 e. The number of hydrogen-bond acceptors (Lipinski definition) is 3. The van der Waals surface area contributed by atoms with Crippen molar-refractivity contribution in [2.75, 3.05) is 16.8 Å². The molecule has 3 aromatic rings. The molecule has 6 nitrogen and oxygen atoms in total. The molecule has 5 rings (SSSR count). The van der Waals surface area contributed by atoms with Gasteiger partial charge in [0.05, 0.1) is 6.54 Å². The summed E-state index contributed by atoms with van der Waals surface area (Å²) in [6, 6.07) is 19.2. The zero-order valence-corrected chi connectivity index (χ0v) is 16.6. The summed E-state index contributed by atoms with van der Waals surface area (Å²) in [6.45, 7) is 1.89. The normalized spacial score (nSPS) is 17.7. The van der Waals surface area contributed by atoms with E-state index in [9.17, 15) is 9.59 Å². The minimum atomic E-state index is -0.379. The lowest BCUT2D eigenvalue weighted by Gasteiger charge is -2.23. The van der Waals surface area contributed by atoms with Crippen molar-refractivity contribution in [1.82, 2.24) is 4.57 Å². The SMILES string of the molecule is O=C(Nc1ccc(C(=O)N2Cc3cccn3Cc3ccccc32)cc1)C1CCCO1. The van der Waals surface area contributed by atoms with E-state index in [2.05, 4.69) is 22.0 Å². The molecule has 2 aliphatic rings. The molecule has 3 heterocycles. The van der Waals surface area contributed by atoms with Crippen molar-refractivity contribution in [2.24, 2.45) is 0 Å². The van der Waals surface area contributed by atoms with E-state index in [1.165, 1.54) is 0 Å². The van der Waals surface area contributed by atoms with E-state index in [1.54, 1.807) is 24.3 Å². The molecule has 1 saturated heterocycles. The van der Waals surface area contributed by atoms with Crippen molar-refractivity contribution in [2.45, 2.75) is 32.0 Å². The number of nitrogens with one attached hydrogen (secondary N) is 1. The first kappa shape index (κ1) is 18.6. The van der Waals surface area contributed by atoms with Crippen LogP contribution in [-0.4, -0.2) is 29.1 Å². The van der Waals surface area contributed by atoms with Gasteiger partial charge in [0.2, 0.25) is 0 Å². The molecule has 1 unspecified atom stereocenters. The zero-order valence-electron chi connectivity index (χ0n) is 16.6. The third kappa shape index (κ3) is 3.50. The van der Waals surface area contributed by atoms with Crippen LogP contribution in [0.1, 0.15) is 34.5 Å². The number of para-hydroxylation sites is 1. The van der Waals surface area contributed by atoms with Gasteiger partial charge in [0.1, 0.15) is 6.10 Å². The van der Waals surface area contributed by atoms with Crippen molar-refractivity contribution in [1.29, 1.82) is 0 Å². The molecule has 1 fully saturated rings. The predicted octanol–water partition coefficient (Wildman–Crippen LogP) is 3.81. The maximum atomic E-state index is 13.4. The minimum Gasteiger partial charge on any atom is -0.368 e. The lowest BCUT2D eigenvalue weighted by molar-refractivity contribution is -0.124. The van der Waals surface area contributed by atoms with Crippen LogP contribution in [0.15, 0.2) is 66.9 Å². The molecule has 0 aliphatic carbocycles. The van der Waals surface area contributed by atoms with Gasteiger partial charge in [-0.15, -0.1) is 0 Å². The van der Waals surface area contributed by atoms with E-state index < -0.39 is 0 Å². The summed E-state index contributed by atoms with van der Waals surface area (Å²) < 4.78 is 7.60. The molecule has 0 spiro atoms. The fourth-order valence-electron chi connectivity index (χ4n) is 4.13. The Morgan fingerprint density at radius 3 is 2.60 bits per heavy atom. The van der Waals surface area contributed by atoms with Crippen LogP contribution in [0, 0.1) is 0 Å². The number of ether oxygens (including phenoxy) is 1. The first-order valence-corrected chi connectivity index (χ1v) is 10.3. The van der Waals surface area contributed by atoms with Crippen molar-refractivity contribution in [3.63, 3.8) is 0 Å². The molecule has 152 valence electrons. The minimum absolute atomic E-state index is 0.0610. The summed E-state index contributed by atoms with van der Waals surface area (Å²) in [5, 5.41) is 2.87. The summed E-state index contributed by atoms with van der Waals surface area (Å²) >= 11 is 0. The Morgan fingerprint density at radius 2 is 1.80 bits per heavy atom. The third-order valence-electron chi connectivity index (χ3n) is 5.73. The lowest BCUT2D eigenvalue weighted by atomic mass is 10.1. The van der Waals surface area contributed by atoms with Gasteiger partial charge in [-0.1, -0.05) is 18.2 Å². The fourth-order valence-corrected chi connectivity index (χ4v) is 4.13. The molecule has 1 atom stereocenters. The highest BCUT2D eigenvalue weighted by Crippen LogP contribution is 2.29. The quantitative estimate of drug-likeness (QED) is 0.726. The Labute approximate surface area is 175 Å². The Bertz CT molecular complexity index is 1080. The highest BCUT2D eigenvalue weighted by atomic mass is 16.5. The molecular weight excluding hydrogens is 378 g/mol. The number of benzene rings is 2. The van der Waals surface area contributed by atoms with Gasteiger partial charge in [0.25, 0.3) is 11.8 Å². The van der Waals surface area contributed by atoms with Crippen LogP contribution in [0.5, 0.6) is 0 Å². The number of rotatable bonds is 3. The Morgan fingerprint density at radius 1 is 0.967 bits per heavy atom. The number of nitrogens with zero attached hydrogens (tertiary/aromatic N) is 2. The molecule has 2 amide bonds. The van der Waals surface area contributed by atoms with Gasteiger partial charge in [-0.05, 0) is 60.9 Å². The second-order valence-electron chi connectivity index (χ2n) is 7.72. The number of hydrogen-bond donors (Lipinski definition) is 1. The predicted molar refractivity (Wildman–Crippen MR) is 115 cm³/mol. The van der Waals surface area contributed by atoms with Crippen molar-refractivity contribution < 1.29 is 14.3 Å². The van der Waals surface area contributed by atoms with Gasteiger partial charge in [-0.2, -0.15) is 0 Å². The maximum Gasteiger partial charge on any atom is 0.258 e. The van der Waals surface area contributed by atoms with Crippen molar-refractivity contribution in [3.8, 4) is 0 Å². The second kappa shape index (κ2) is 7.80. The molecule has 2 aliphatic heterocycles. The summed E-state index contributed by atoms with van der Waals surface area (Å²) in [6.07, 6.45) is 3.33. The van der Waals surface area contributed by atoms with Gasteiger partial charge in [0.15, 0.2) is 0 Å². The molecule has 0 bridgehead atoms.